The molecule has 1 heterocycles. The molecule has 21 heavy (non-hydrogen) atoms. The summed E-state index contributed by atoms with van der Waals surface area (Å²) in [5, 5.41) is 3.63. The molecule has 0 fully saturated rings. The molecule has 0 aliphatic heterocycles. The predicted molar refractivity (Wildman–Crippen MR) is 88.6 cm³/mol. The summed E-state index contributed by atoms with van der Waals surface area (Å²) in [6.45, 7) is 7.61. The summed E-state index contributed by atoms with van der Waals surface area (Å²) in [5.41, 5.74) is 2.90. The van der Waals surface area contributed by atoms with Crippen LogP contribution in [-0.2, 0) is 0 Å². The molecule has 0 bridgehead atoms. The van der Waals surface area contributed by atoms with Gasteiger partial charge in [-0.25, -0.2) is 4.79 Å². The number of hydrogen-bond acceptors (Lipinski definition) is 2. The Morgan fingerprint density at radius 3 is 2.57 bits per heavy atom. The summed E-state index contributed by atoms with van der Waals surface area (Å²) >= 11 is 0. The molecule has 3 N–H and O–H groups in total. The van der Waals surface area contributed by atoms with Crippen LogP contribution in [0.1, 0.15) is 58.1 Å². The minimum atomic E-state index is -0.139. The van der Waals surface area contributed by atoms with Crippen molar-refractivity contribution in [2.75, 3.05) is 6.54 Å². The van der Waals surface area contributed by atoms with Gasteiger partial charge in [-0.1, -0.05) is 46.1 Å². The van der Waals surface area contributed by atoms with Crippen LogP contribution in [0.2, 0.25) is 0 Å². The monoisotopic (exact) mass is 289 g/mol. The van der Waals surface area contributed by atoms with Gasteiger partial charge >= 0.3 is 5.69 Å². The Labute approximate surface area is 126 Å². The van der Waals surface area contributed by atoms with Crippen LogP contribution in [0, 0.1) is 5.92 Å². The highest BCUT2D eigenvalue weighted by molar-refractivity contribution is 5.75. The average molecular weight is 289 g/mol. The third kappa shape index (κ3) is 3.76. The van der Waals surface area contributed by atoms with E-state index in [1.54, 1.807) is 0 Å². The molecule has 4 heteroatoms. The molecule has 2 atom stereocenters. The van der Waals surface area contributed by atoms with Crippen LogP contribution >= 0.6 is 0 Å². The van der Waals surface area contributed by atoms with E-state index in [2.05, 4.69) is 48.2 Å². The second-order valence-electron chi connectivity index (χ2n) is 5.73. The number of benzene rings is 1. The number of rotatable bonds is 8. The molecule has 0 amide bonds. The maximum atomic E-state index is 11.4. The smallest absolute Gasteiger partial charge is 0.310 e. The lowest BCUT2D eigenvalue weighted by atomic mass is 9.86. The minimum absolute atomic E-state index is 0.139. The van der Waals surface area contributed by atoms with Crippen molar-refractivity contribution in [3.8, 4) is 0 Å². The highest BCUT2D eigenvalue weighted by Gasteiger charge is 2.21. The zero-order chi connectivity index (χ0) is 15.2. The standard InChI is InChI=1S/C17H27N3O/c1-4-7-8-12(5-2)16(18-6-3)13-9-10-14-15(11-13)20-17(21)19-14/h9-12,16,18H,4-8H2,1-3H3,(H2,19,20,21). The van der Waals surface area contributed by atoms with Crippen molar-refractivity contribution in [2.45, 2.75) is 52.5 Å². The molecule has 0 radical (unpaired) electrons. The van der Waals surface area contributed by atoms with E-state index >= 15 is 0 Å². The number of nitrogens with one attached hydrogen (secondary N) is 3. The predicted octanol–water partition coefficient (Wildman–Crippen LogP) is 3.72. The molecule has 4 nitrogen and oxygen atoms in total. The maximum absolute atomic E-state index is 11.4. The summed E-state index contributed by atoms with van der Waals surface area (Å²) in [5.74, 6) is 0.632. The number of fused-ring (bicyclic) bond motifs is 1. The van der Waals surface area contributed by atoms with Crippen molar-refractivity contribution < 1.29 is 0 Å². The van der Waals surface area contributed by atoms with Crippen molar-refractivity contribution in [1.29, 1.82) is 0 Å². The molecule has 1 aromatic heterocycles. The van der Waals surface area contributed by atoms with Crippen LogP contribution < -0.4 is 11.0 Å². The second-order valence-corrected chi connectivity index (χ2v) is 5.73. The summed E-state index contributed by atoms with van der Waals surface area (Å²) in [6.07, 6.45) is 4.91. The summed E-state index contributed by atoms with van der Waals surface area (Å²) in [4.78, 5) is 17.1. The number of hydrogen-bond donors (Lipinski definition) is 3. The van der Waals surface area contributed by atoms with Crippen LogP contribution in [0.25, 0.3) is 11.0 Å². The van der Waals surface area contributed by atoms with Crippen molar-refractivity contribution >= 4 is 11.0 Å². The number of aromatic amines is 2. The van der Waals surface area contributed by atoms with Gasteiger partial charge in [0.1, 0.15) is 0 Å². The average Bonchev–Trinajstić information content (AvgIpc) is 2.85. The van der Waals surface area contributed by atoms with Gasteiger partial charge < -0.3 is 15.3 Å². The summed E-state index contributed by atoms with van der Waals surface area (Å²) < 4.78 is 0. The molecule has 0 saturated heterocycles. The highest BCUT2D eigenvalue weighted by Crippen LogP contribution is 2.30. The van der Waals surface area contributed by atoms with Gasteiger partial charge in [-0.15, -0.1) is 0 Å². The Hall–Kier alpha value is -1.55. The van der Waals surface area contributed by atoms with Gasteiger partial charge in [0.05, 0.1) is 11.0 Å². The van der Waals surface area contributed by atoms with Crippen molar-refractivity contribution in [1.82, 2.24) is 15.3 Å². The van der Waals surface area contributed by atoms with Gasteiger partial charge in [-0.2, -0.15) is 0 Å². The van der Waals surface area contributed by atoms with Gasteiger partial charge in [0.2, 0.25) is 0 Å². The third-order valence-corrected chi connectivity index (χ3v) is 4.25. The van der Waals surface area contributed by atoms with E-state index in [1.165, 1.54) is 31.2 Å². The second kappa shape index (κ2) is 7.46. The van der Waals surface area contributed by atoms with E-state index < -0.39 is 0 Å². The Kier molecular flexibility index (Phi) is 5.62. The first-order valence-electron chi connectivity index (χ1n) is 8.14. The molecular weight excluding hydrogens is 262 g/mol. The van der Waals surface area contributed by atoms with Crippen molar-refractivity contribution in [3.05, 3.63) is 34.2 Å². The van der Waals surface area contributed by atoms with Gasteiger partial charge in [0, 0.05) is 6.04 Å². The van der Waals surface area contributed by atoms with Crippen LogP contribution in [0.3, 0.4) is 0 Å². The largest absolute Gasteiger partial charge is 0.323 e. The molecule has 0 saturated carbocycles. The van der Waals surface area contributed by atoms with E-state index in [4.69, 9.17) is 0 Å². The molecular formula is C17H27N3O. The number of aromatic nitrogens is 2. The minimum Gasteiger partial charge on any atom is -0.310 e. The fourth-order valence-corrected chi connectivity index (χ4v) is 3.09. The normalized spacial score (nSPS) is 14.4. The molecule has 2 unspecified atom stereocenters. The Morgan fingerprint density at radius 1 is 1.14 bits per heavy atom. The van der Waals surface area contributed by atoms with Gasteiger partial charge in [0.15, 0.2) is 0 Å². The highest BCUT2D eigenvalue weighted by atomic mass is 16.1. The van der Waals surface area contributed by atoms with Crippen LogP contribution in [-0.4, -0.2) is 16.5 Å². The lowest BCUT2D eigenvalue weighted by molar-refractivity contribution is 0.328. The third-order valence-electron chi connectivity index (χ3n) is 4.25. The van der Waals surface area contributed by atoms with E-state index in [-0.39, 0.29) is 5.69 Å². The topological polar surface area (TPSA) is 60.7 Å². The summed E-state index contributed by atoms with van der Waals surface area (Å²) in [6, 6.07) is 6.59. The first-order valence-corrected chi connectivity index (χ1v) is 8.14. The Bertz CT molecular complexity index is 614. The SMILES string of the molecule is CCCCC(CC)C(NCC)c1ccc2[nH]c(=O)[nH]c2c1. The van der Waals surface area contributed by atoms with Crippen LogP contribution in [0.5, 0.6) is 0 Å². The van der Waals surface area contributed by atoms with E-state index in [1.807, 2.05) is 6.07 Å². The lowest BCUT2D eigenvalue weighted by Crippen LogP contribution is -2.28. The quantitative estimate of drug-likeness (QED) is 0.693. The van der Waals surface area contributed by atoms with E-state index in [0.29, 0.717) is 12.0 Å². The molecule has 116 valence electrons. The molecule has 2 rings (SSSR count). The van der Waals surface area contributed by atoms with Crippen LogP contribution in [0.15, 0.2) is 23.0 Å². The fraction of sp³-hybridized carbons (Fsp3) is 0.588. The molecule has 0 aliphatic rings. The molecule has 1 aromatic carbocycles. The van der Waals surface area contributed by atoms with E-state index in [0.717, 1.165) is 17.6 Å². The van der Waals surface area contributed by atoms with Gasteiger partial charge in [0.25, 0.3) is 0 Å². The van der Waals surface area contributed by atoms with Crippen molar-refractivity contribution in [2.24, 2.45) is 5.92 Å². The van der Waals surface area contributed by atoms with E-state index in [9.17, 15) is 4.79 Å². The van der Waals surface area contributed by atoms with Gasteiger partial charge in [-0.05, 0) is 36.6 Å². The molecule has 2 aromatic rings. The first-order chi connectivity index (χ1) is 10.2. The van der Waals surface area contributed by atoms with Crippen LogP contribution in [0.4, 0.5) is 0 Å². The number of unbranched alkanes of at least 4 members (excludes halogenated alkanes) is 1. The van der Waals surface area contributed by atoms with Gasteiger partial charge in [-0.3, -0.25) is 0 Å². The molecule has 0 spiro atoms. The number of H-pyrrole nitrogens is 2. The Balaban J connectivity index is 2.31. The first kappa shape index (κ1) is 15.8. The Morgan fingerprint density at radius 2 is 1.90 bits per heavy atom. The maximum Gasteiger partial charge on any atom is 0.323 e. The van der Waals surface area contributed by atoms with Crippen molar-refractivity contribution in [3.63, 3.8) is 0 Å². The fourth-order valence-electron chi connectivity index (χ4n) is 3.09. The number of imidazole rings is 1. The zero-order valence-electron chi connectivity index (χ0n) is 13.3. The lowest BCUT2D eigenvalue weighted by Gasteiger charge is -2.27. The molecule has 0 aliphatic carbocycles. The zero-order valence-corrected chi connectivity index (χ0v) is 13.3. The summed E-state index contributed by atoms with van der Waals surface area (Å²) in [7, 11) is 0.